The van der Waals surface area contributed by atoms with Gasteiger partial charge in [0.2, 0.25) is 0 Å². The molecule has 0 amide bonds. The van der Waals surface area contributed by atoms with E-state index in [1.165, 1.54) is 43.8 Å². The van der Waals surface area contributed by atoms with Crippen LogP contribution in [0.1, 0.15) is 88.0 Å². The van der Waals surface area contributed by atoms with E-state index in [-0.39, 0.29) is 8.80 Å². The van der Waals surface area contributed by atoms with E-state index < -0.39 is 0 Å². The summed E-state index contributed by atoms with van der Waals surface area (Å²) in [6.45, 7) is 21.2. The molecule has 0 aromatic heterocycles. The van der Waals surface area contributed by atoms with Gasteiger partial charge in [0, 0.05) is 8.80 Å². The first-order valence-electron chi connectivity index (χ1n) is 8.72. The van der Waals surface area contributed by atoms with Crippen LogP contribution in [0.4, 0.5) is 0 Å². The number of hydrogen-bond donors (Lipinski definition) is 0. The normalized spacial score (nSPS) is 12.3. The molecule has 0 unspecified atom stereocenters. The van der Waals surface area contributed by atoms with E-state index in [0.29, 0.717) is 10.8 Å². The minimum absolute atomic E-state index is 0.171. The van der Waals surface area contributed by atoms with E-state index in [2.05, 4.69) is 62.3 Å². The molecule has 0 saturated carbocycles. The molecule has 0 aromatic carbocycles. The standard InChI is InChI=1S/C12H26.C6H16Si/c1-7-9-11(3,4)12(5,6)10-8-2;1-4-7(5-2)6-3/h7-10H2,1-6H3;7H,4-6H2,1-3H3. The molecule has 0 bridgehead atoms. The van der Waals surface area contributed by atoms with E-state index >= 15 is 0 Å². The van der Waals surface area contributed by atoms with Crippen LogP contribution in [0.2, 0.25) is 18.1 Å². The van der Waals surface area contributed by atoms with Gasteiger partial charge in [0.15, 0.2) is 0 Å². The first-order valence-corrected chi connectivity index (χ1v) is 11.2. The van der Waals surface area contributed by atoms with Gasteiger partial charge in [0.1, 0.15) is 0 Å². The molecular weight excluding hydrogens is 244 g/mol. The predicted octanol–water partition coefficient (Wildman–Crippen LogP) is 6.91. The van der Waals surface area contributed by atoms with Crippen molar-refractivity contribution in [3.63, 3.8) is 0 Å². The lowest BCUT2D eigenvalue weighted by Gasteiger charge is -2.42. The maximum absolute atomic E-state index is 2.41. The van der Waals surface area contributed by atoms with Crippen LogP contribution >= 0.6 is 0 Å². The molecule has 0 aliphatic carbocycles. The summed E-state index contributed by atoms with van der Waals surface area (Å²) in [5.41, 5.74) is 0.996. The maximum Gasteiger partial charge on any atom is 0.0359 e. The summed E-state index contributed by atoms with van der Waals surface area (Å²) < 4.78 is 0. The molecule has 19 heavy (non-hydrogen) atoms. The Hall–Kier alpha value is 0.217. The molecular formula is C18H42Si. The van der Waals surface area contributed by atoms with Crippen molar-refractivity contribution in [2.75, 3.05) is 0 Å². The van der Waals surface area contributed by atoms with Crippen LogP contribution in [0.3, 0.4) is 0 Å². The molecule has 118 valence electrons. The van der Waals surface area contributed by atoms with Gasteiger partial charge in [-0.1, -0.05) is 93.3 Å². The van der Waals surface area contributed by atoms with Crippen molar-refractivity contribution in [2.24, 2.45) is 10.8 Å². The van der Waals surface area contributed by atoms with E-state index in [1.807, 2.05) is 0 Å². The van der Waals surface area contributed by atoms with E-state index in [4.69, 9.17) is 0 Å². The Balaban J connectivity index is 0. The van der Waals surface area contributed by atoms with Crippen molar-refractivity contribution in [3.05, 3.63) is 0 Å². The first-order chi connectivity index (χ1) is 8.72. The molecule has 0 heterocycles. The van der Waals surface area contributed by atoms with Gasteiger partial charge in [0.05, 0.1) is 0 Å². The van der Waals surface area contributed by atoms with Crippen LogP contribution in [-0.2, 0) is 0 Å². The summed E-state index contributed by atoms with van der Waals surface area (Å²) in [6, 6.07) is 4.48. The molecule has 0 fully saturated rings. The Morgan fingerprint density at radius 3 is 0.947 bits per heavy atom. The third kappa shape index (κ3) is 8.89. The average Bonchev–Trinajstić information content (AvgIpc) is 2.31. The molecule has 0 rings (SSSR count). The summed E-state index contributed by atoms with van der Waals surface area (Å²) >= 11 is 0. The highest BCUT2D eigenvalue weighted by atomic mass is 28.3. The van der Waals surface area contributed by atoms with Gasteiger partial charge in [-0.25, -0.2) is 0 Å². The zero-order valence-electron chi connectivity index (χ0n) is 15.5. The zero-order chi connectivity index (χ0) is 15.5. The van der Waals surface area contributed by atoms with Crippen LogP contribution in [0.15, 0.2) is 0 Å². The molecule has 0 radical (unpaired) electrons. The summed E-state index contributed by atoms with van der Waals surface area (Å²) in [5.74, 6) is 0. The monoisotopic (exact) mass is 286 g/mol. The first kappa shape index (κ1) is 21.5. The van der Waals surface area contributed by atoms with Crippen molar-refractivity contribution < 1.29 is 0 Å². The second kappa shape index (κ2) is 10.9. The Morgan fingerprint density at radius 1 is 0.579 bits per heavy atom. The number of hydrogen-bond acceptors (Lipinski definition) is 0. The lowest BCUT2D eigenvalue weighted by Crippen LogP contribution is -2.32. The largest absolute Gasteiger partial charge is 0.0680 e. The topological polar surface area (TPSA) is 0 Å². The summed E-state index contributed by atoms with van der Waals surface area (Å²) in [4.78, 5) is 0. The summed E-state index contributed by atoms with van der Waals surface area (Å²) in [5, 5.41) is 0. The van der Waals surface area contributed by atoms with Crippen molar-refractivity contribution in [2.45, 2.75) is 106 Å². The minimum Gasteiger partial charge on any atom is -0.0680 e. The highest BCUT2D eigenvalue weighted by molar-refractivity contribution is 6.58. The molecule has 0 N–H and O–H groups in total. The lowest BCUT2D eigenvalue weighted by molar-refractivity contribution is 0.0863. The van der Waals surface area contributed by atoms with Gasteiger partial charge < -0.3 is 0 Å². The van der Waals surface area contributed by atoms with Crippen molar-refractivity contribution in [1.29, 1.82) is 0 Å². The fourth-order valence-corrected chi connectivity index (χ4v) is 4.52. The van der Waals surface area contributed by atoms with Crippen LogP contribution in [0, 0.1) is 10.8 Å². The Kier molecular flexibility index (Phi) is 12.4. The van der Waals surface area contributed by atoms with E-state index in [1.54, 1.807) is 0 Å². The molecule has 0 spiro atoms. The molecule has 0 nitrogen and oxygen atoms in total. The minimum atomic E-state index is -0.171. The Labute approximate surface area is 126 Å². The third-order valence-electron chi connectivity index (χ3n) is 5.31. The van der Waals surface area contributed by atoms with Crippen LogP contribution in [0.5, 0.6) is 0 Å². The zero-order valence-corrected chi connectivity index (χ0v) is 16.7. The van der Waals surface area contributed by atoms with Gasteiger partial charge in [-0.2, -0.15) is 0 Å². The summed E-state index contributed by atoms with van der Waals surface area (Å²) in [6.07, 6.45) is 5.31. The smallest absolute Gasteiger partial charge is 0.0359 e. The van der Waals surface area contributed by atoms with Crippen LogP contribution in [0.25, 0.3) is 0 Å². The SMILES string of the molecule is CCCC(C)(C)C(C)(C)CCC.CC[SiH](CC)CC. The highest BCUT2D eigenvalue weighted by Crippen LogP contribution is 2.45. The van der Waals surface area contributed by atoms with Crippen molar-refractivity contribution in [1.82, 2.24) is 0 Å². The van der Waals surface area contributed by atoms with Gasteiger partial charge in [-0.3, -0.25) is 0 Å². The van der Waals surface area contributed by atoms with E-state index in [9.17, 15) is 0 Å². The quantitative estimate of drug-likeness (QED) is 0.425. The van der Waals surface area contributed by atoms with Gasteiger partial charge in [0.25, 0.3) is 0 Å². The van der Waals surface area contributed by atoms with Crippen molar-refractivity contribution in [3.8, 4) is 0 Å². The molecule has 0 aliphatic heterocycles. The molecule has 0 aliphatic rings. The fourth-order valence-electron chi connectivity index (χ4n) is 2.79. The van der Waals surface area contributed by atoms with Crippen molar-refractivity contribution >= 4 is 8.80 Å². The Morgan fingerprint density at radius 2 is 0.842 bits per heavy atom. The Bertz CT molecular complexity index is 168. The second-order valence-corrected chi connectivity index (χ2v) is 11.5. The van der Waals surface area contributed by atoms with Gasteiger partial charge in [-0.15, -0.1) is 0 Å². The molecule has 0 atom stereocenters. The predicted molar refractivity (Wildman–Crippen MR) is 96.0 cm³/mol. The van der Waals surface area contributed by atoms with Gasteiger partial charge in [-0.05, 0) is 23.7 Å². The second-order valence-electron chi connectivity index (χ2n) is 7.36. The number of rotatable bonds is 8. The third-order valence-corrected chi connectivity index (χ3v) is 8.78. The molecule has 1 heteroatoms. The lowest BCUT2D eigenvalue weighted by atomic mass is 9.64. The molecule has 0 aromatic rings. The highest BCUT2D eigenvalue weighted by Gasteiger charge is 2.34. The van der Waals surface area contributed by atoms with E-state index in [0.717, 1.165) is 0 Å². The van der Waals surface area contributed by atoms with Crippen LogP contribution in [-0.4, -0.2) is 8.80 Å². The molecule has 0 saturated heterocycles. The summed E-state index contributed by atoms with van der Waals surface area (Å²) in [7, 11) is -0.171. The average molecular weight is 287 g/mol. The van der Waals surface area contributed by atoms with Crippen LogP contribution < -0.4 is 0 Å². The fraction of sp³-hybridized carbons (Fsp3) is 1.00. The van der Waals surface area contributed by atoms with Gasteiger partial charge >= 0.3 is 0 Å². The maximum atomic E-state index is 2.41.